The van der Waals surface area contributed by atoms with Gasteiger partial charge >= 0.3 is 0 Å². The molecule has 2 aromatic rings. The monoisotopic (exact) mass is 394 g/mol. The SMILES string of the molecule is C[NH+](CC(=O)N1CCN(S(=O)(=O)c2ccccc2)CC1)Cc1ccsc1. The number of hydrogen-bond donors (Lipinski definition) is 1. The third-order valence-electron chi connectivity index (χ3n) is 4.51. The van der Waals surface area contributed by atoms with Crippen molar-refractivity contribution in [3.05, 3.63) is 52.7 Å². The number of thiophene rings is 1. The molecule has 0 spiro atoms. The first-order valence-corrected chi connectivity index (χ1v) is 11.0. The van der Waals surface area contributed by atoms with Crippen molar-refractivity contribution < 1.29 is 18.1 Å². The second-order valence-electron chi connectivity index (χ2n) is 6.54. The number of carbonyl (C=O) groups is 1. The lowest BCUT2D eigenvalue weighted by Crippen LogP contribution is -3.08. The zero-order valence-corrected chi connectivity index (χ0v) is 16.4. The van der Waals surface area contributed by atoms with Gasteiger partial charge in [-0.05, 0) is 29.0 Å². The lowest BCUT2D eigenvalue weighted by Gasteiger charge is -2.34. The highest BCUT2D eigenvalue weighted by atomic mass is 32.2. The van der Waals surface area contributed by atoms with Crippen LogP contribution in [0.15, 0.2) is 52.1 Å². The minimum Gasteiger partial charge on any atom is -0.335 e. The van der Waals surface area contributed by atoms with Crippen LogP contribution in [0.1, 0.15) is 5.56 Å². The summed E-state index contributed by atoms with van der Waals surface area (Å²) >= 11 is 1.66. The molecule has 1 aromatic carbocycles. The predicted molar refractivity (Wildman–Crippen MR) is 102 cm³/mol. The van der Waals surface area contributed by atoms with E-state index in [1.807, 2.05) is 12.4 Å². The number of sulfonamides is 1. The van der Waals surface area contributed by atoms with Gasteiger partial charge in [-0.3, -0.25) is 4.79 Å². The fourth-order valence-corrected chi connectivity index (χ4v) is 5.21. The summed E-state index contributed by atoms with van der Waals surface area (Å²) in [5.74, 6) is 0.0782. The third-order valence-corrected chi connectivity index (χ3v) is 7.16. The molecule has 1 aliphatic rings. The fourth-order valence-electron chi connectivity index (χ4n) is 3.09. The Morgan fingerprint density at radius 2 is 1.81 bits per heavy atom. The Morgan fingerprint density at radius 3 is 2.42 bits per heavy atom. The summed E-state index contributed by atoms with van der Waals surface area (Å²) in [7, 11) is -1.47. The largest absolute Gasteiger partial charge is 0.335 e. The van der Waals surface area contributed by atoms with Crippen molar-refractivity contribution in [3.8, 4) is 0 Å². The Balaban J connectivity index is 1.52. The Hall–Kier alpha value is -1.74. The van der Waals surface area contributed by atoms with E-state index in [0.29, 0.717) is 37.6 Å². The highest BCUT2D eigenvalue weighted by Gasteiger charge is 2.30. The Kier molecular flexibility index (Phi) is 6.08. The van der Waals surface area contributed by atoms with Crippen LogP contribution in [0.25, 0.3) is 0 Å². The third kappa shape index (κ3) is 4.50. The molecule has 6 nitrogen and oxygen atoms in total. The number of carbonyl (C=O) groups excluding carboxylic acids is 1. The molecule has 1 amide bonds. The molecule has 0 bridgehead atoms. The second-order valence-corrected chi connectivity index (χ2v) is 9.26. The van der Waals surface area contributed by atoms with Crippen LogP contribution in [0.4, 0.5) is 0 Å². The maximum atomic E-state index is 12.6. The molecule has 8 heteroatoms. The summed E-state index contributed by atoms with van der Waals surface area (Å²) in [4.78, 5) is 15.7. The van der Waals surface area contributed by atoms with Gasteiger partial charge in [0.15, 0.2) is 6.54 Å². The van der Waals surface area contributed by atoms with Crippen LogP contribution >= 0.6 is 11.3 Å². The Morgan fingerprint density at radius 1 is 1.12 bits per heavy atom. The normalized spacial score (nSPS) is 17.2. The number of quaternary nitrogens is 1. The van der Waals surface area contributed by atoms with Gasteiger partial charge in [0.2, 0.25) is 10.0 Å². The van der Waals surface area contributed by atoms with E-state index in [-0.39, 0.29) is 5.91 Å². The molecule has 0 saturated carbocycles. The topological polar surface area (TPSA) is 62.1 Å². The summed E-state index contributed by atoms with van der Waals surface area (Å²) in [6.07, 6.45) is 0. The Bertz CT molecular complexity index is 815. The van der Waals surface area contributed by atoms with Crippen LogP contribution in [-0.2, 0) is 21.4 Å². The first kappa shape index (κ1) is 19.0. The van der Waals surface area contributed by atoms with Crippen molar-refractivity contribution in [2.24, 2.45) is 0 Å². The number of hydrogen-bond acceptors (Lipinski definition) is 4. The number of nitrogens with zero attached hydrogens (tertiary/aromatic N) is 2. The standard InChI is InChI=1S/C18H23N3O3S2/c1-19(13-16-7-12-25-15-16)14-18(22)20-8-10-21(11-9-20)26(23,24)17-5-3-2-4-6-17/h2-7,12,15H,8-11,13-14H2,1H3/p+1. The maximum absolute atomic E-state index is 12.6. The smallest absolute Gasteiger partial charge is 0.277 e. The van der Waals surface area contributed by atoms with E-state index in [1.54, 1.807) is 46.6 Å². The van der Waals surface area contributed by atoms with Gasteiger partial charge in [-0.1, -0.05) is 18.2 Å². The second kappa shape index (κ2) is 8.30. The van der Waals surface area contributed by atoms with E-state index in [0.717, 1.165) is 11.4 Å². The minimum atomic E-state index is -3.48. The molecule has 1 N–H and O–H groups in total. The number of rotatable bonds is 6. The van der Waals surface area contributed by atoms with Gasteiger partial charge in [-0.25, -0.2) is 8.42 Å². The molecule has 26 heavy (non-hydrogen) atoms. The summed E-state index contributed by atoms with van der Waals surface area (Å²) < 4.78 is 26.7. The molecule has 140 valence electrons. The average Bonchev–Trinajstić information content (AvgIpc) is 3.15. The maximum Gasteiger partial charge on any atom is 0.277 e. The molecule has 1 aromatic heterocycles. The molecule has 3 rings (SSSR count). The van der Waals surface area contributed by atoms with Gasteiger partial charge in [0.1, 0.15) is 6.54 Å². The number of likely N-dealkylation sites (N-methyl/N-ethyl adjacent to an activating group) is 1. The quantitative estimate of drug-likeness (QED) is 0.766. The molecular weight excluding hydrogens is 370 g/mol. The van der Waals surface area contributed by atoms with Crippen molar-refractivity contribution in [1.82, 2.24) is 9.21 Å². The van der Waals surface area contributed by atoms with Crippen molar-refractivity contribution in [2.75, 3.05) is 39.8 Å². The first-order chi connectivity index (χ1) is 12.5. The van der Waals surface area contributed by atoms with Crippen LogP contribution in [-0.4, -0.2) is 63.3 Å². The van der Waals surface area contributed by atoms with E-state index in [2.05, 4.69) is 11.4 Å². The van der Waals surface area contributed by atoms with E-state index < -0.39 is 10.0 Å². The van der Waals surface area contributed by atoms with Crippen molar-refractivity contribution in [1.29, 1.82) is 0 Å². The van der Waals surface area contributed by atoms with Gasteiger partial charge in [0, 0.05) is 31.7 Å². The van der Waals surface area contributed by atoms with Crippen molar-refractivity contribution in [2.45, 2.75) is 11.4 Å². The lowest BCUT2D eigenvalue weighted by molar-refractivity contribution is -0.885. The zero-order chi connectivity index (χ0) is 18.6. The molecule has 2 heterocycles. The van der Waals surface area contributed by atoms with Gasteiger partial charge in [0.25, 0.3) is 5.91 Å². The average molecular weight is 395 g/mol. The molecule has 0 radical (unpaired) electrons. The fraction of sp³-hybridized carbons (Fsp3) is 0.389. The van der Waals surface area contributed by atoms with E-state index in [9.17, 15) is 13.2 Å². The minimum absolute atomic E-state index is 0.0782. The zero-order valence-electron chi connectivity index (χ0n) is 14.8. The first-order valence-electron chi connectivity index (χ1n) is 8.62. The summed E-state index contributed by atoms with van der Waals surface area (Å²) in [5.41, 5.74) is 1.24. The van der Waals surface area contributed by atoms with Crippen molar-refractivity contribution >= 4 is 27.3 Å². The van der Waals surface area contributed by atoms with Gasteiger partial charge in [-0.2, -0.15) is 15.6 Å². The molecule has 0 aliphatic carbocycles. The number of amides is 1. The number of benzene rings is 1. The van der Waals surface area contributed by atoms with Gasteiger partial charge < -0.3 is 9.80 Å². The van der Waals surface area contributed by atoms with Crippen LogP contribution in [0.2, 0.25) is 0 Å². The van der Waals surface area contributed by atoms with E-state index >= 15 is 0 Å². The van der Waals surface area contributed by atoms with Crippen LogP contribution in [0.5, 0.6) is 0 Å². The highest BCUT2D eigenvalue weighted by Crippen LogP contribution is 2.17. The Labute approximate surface area is 158 Å². The van der Waals surface area contributed by atoms with Crippen LogP contribution < -0.4 is 4.90 Å². The summed E-state index contributed by atoms with van der Waals surface area (Å²) in [5, 5.41) is 4.14. The van der Waals surface area contributed by atoms with E-state index in [1.165, 1.54) is 9.87 Å². The summed E-state index contributed by atoms with van der Waals surface area (Å²) in [6.45, 7) is 2.80. The molecule has 1 saturated heterocycles. The molecule has 1 atom stereocenters. The van der Waals surface area contributed by atoms with Gasteiger partial charge in [0.05, 0.1) is 11.9 Å². The molecule has 1 unspecified atom stereocenters. The van der Waals surface area contributed by atoms with Crippen LogP contribution in [0, 0.1) is 0 Å². The summed E-state index contributed by atoms with van der Waals surface area (Å²) in [6, 6.07) is 10.5. The molecular formula is C18H24N3O3S2+. The molecule has 1 fully saturated rings. The van der Waals surface area contributed by atoms with Crippen LogP contribution in [0.3, 0.4) is 0 Å². The number of nitrogens with one attached hydrogen (secondary N) is 1. The lowest BCUT2D eigenvalue weighted by atomic mass is 10.3. The van der Waals surface area contributed by atoms with Gasteiger partial charge in [-0.15, -0.1) is 0 Å². The van der Waals surface area contributed by atoms with E-state index in [4.69, 9.17) is 0 Å². The van der Waals surface area contributed by atoms with Crippen molar-refractivity contribution in [3.63, 3.8) is 0 Å². The number of piperazine rings is 1. The molecule has 1 aliphatic heterocycles. The highest BCUT2D eigenvalue weighted by molar-refractivity contribution is 7.89. The predicted octanol–water partition coefficient (Wildman–Crippen LogP) is 0.296.